The van der Waals surface area contributed by atoms with Crippen LogP contribution in [0.4, 0.5) is 5.69 Å². The van der Waals surface area contributed by atoms with Gasteiger partial charge < -0.3 is 10.6 Å². The van der Waals surface area contributed by atoms with E-state index >= 15 is 0 Å². The molecular formula is C31H42N2O. The van der Waals surface area contributed by atoms with Crippen molar-refractivity contribution in [3.8, 4) is 0 Å². The highest BCUT2D eigenvalue weighted by Gasteiger charge is 2.22. The van der Waals surface area contributed by atoms with Gasteiger partial charge in [0.15, 0.2) is 0 Å². The van der Waals surface area contributed by atoms with Crippen molar-refractivity contribution in [2.45, 2.75) is 53.5 Å². The van der Waals surface area contributed by atoms with Crippen LogP contribution < -0.4 is 10.6 Å². The van der Waals surface area contributed by atoms with E-state index in [9.17, 15) is 4.79 Å². The van der Waals surface area contributed by atoms with Crippen molar-refractivity contribution in [2.24, 2.45) is 11.7 Å². The first-order valence-corrected chi connectivity index (χ1v) is 12.2. The molecule has 182 valence electrons. The number of benzene rings is 2. The van der Waals surface area contributed by atoms with Crippen LogP contribution in [0.2, 0.25) is 0 Å². The molecule has 2 atom stereocenters. The van der Waals surface area contributed by atoms with Gasteiger partial charge in [0.25, 0.3) is 0 Å². The molecule has 2 unspecified atom stereocenters. The summed E-state index contributed by atoms with van der Waals surface area (Å²) in [7, 11) is 0. The van der Waals surface area contributed by atoms with Crippen LogP contribution >= 0.6 is 0 Å². The average molecular weight is 459 g/mol. The predicted octanol–water partition coefficient (Wildman–Crippen LogP) is 7.69. The maximum Gasteiger partial charge on any atom is 0.227 e. The molecule has 2 aromatic rings. The Kier molecular flexibility index (Phi) is 13.3. The quantitative estimate of drug-likeness (QED) is 0.277. The van der Waals surface area contributed by atoms with Crippen LogP contribution in [0.1, 0.15) is 63.3 Å². The van der Waals surface area contributed by atoms with E-state index in [0.29, 0.717) is 13.0 Å². The van der Waals surface area contributed by atoms with Crippen molar-refractivity contribution >= 4 is 11.6 Å². The van der Waals surface area contributed by atoms with Crippen molar-refractivity contribution in [1.29, 1.82) is 0 Å². The Hall–Kier alpha value is -3.17. The van der Waals surface area contributed by atoms with E-state index in [1.807, 2.05) is 87.2 Å². The minimum Gasteiger partial charge on any atom is -0.320 e. The topological polar surface area (TPSA) is 46.3 Å². The second-order valence-corrected chi connectivity index (χ2v) is 8.04. The fourth-order valence-corrected chi connectivity index (χ4v) is 3.46. The van der Waals surface area contributed by atoms with Gasteiger partial charge in [0.1, 0.15) is 0 Å². The van der Waals surface area contributed by atoms with E-state index in [0.717, 1.165) is 34.4 Å². The number of allylic oxidation sites excluding steroid dienone is 4. The van der Waals surface area contributed by atoms with Gasteiger partial charge in [0.2, 0.25) is 5.91 Å². The first kappa shape index (κ1) is 28.9. The molecule has 2 aromatic carbocycles. The van der Waals surface area contributed by atoms with Crippen LogP contribution in [0.3, 0.4) is 0 Å². The fourth-order valence-electron chi connectivity index (χ4n) is 3.46. The molecule has 0 aliphatic carbocycles. The van der Waals surface area contributed by atoms with Crippen LogP contribution in [-0.4, -0.2) is 12.5 Å². The van der Waals surface area contributed by atoms with E-state index in [2.05, 4.69) is 44.4 Å². The average Bonchev–Trinajstić information content (AvgIpc) is 2.89. The lowest BCUT2D eigenvalue weighted by atomic mass is 9.95. The third kappa shape index (κ3) is 8.64. The molecule has 0 heterocycles. The summed E-state index contributed by atoms with van der Waals surface area (Å²) in [5.41, 5.74) is 11.7. The van der Waals surface area contributed by atoms with Gasteiger partial charge in [-0.25, -0.2) is 0 Å². The second kappa shape index (κ2) is 15.6. The van der Waals surface area contributed by atoms with Crippen LogP contribution in [0, 0.1) is 12.8 Å². The SMILES string of the molecule is C=CC/C=C(\C=C/C(C)C=C)CN(C(=O)CC)c1ccc(C)cc1C(N)c1ccccc1.CC. The summed E-state index contributed by atoms with van der Waals surface area (Å²) in [6, 6.07) is 15.8. The van der Waals surface area contributed by atoms with Crippen LogP contribution in [0.15, 0.2) is 97.6 Å². The molecule has 0 spiro atoms. The molecule has 0 fully saturated rings. The molecule has 0 bridgehead atoms. The number of aryl methyl sites for hydroxylation is 1. The van der Waals surface area contributed by atoms with E-state index < -0.39 is 0 Å². The van der Waals surface area contributed by atoms with Gasteiger partial charge in [-0.3, -0.25) is 4.79 Å². The lowest BCUT2D eigenvalue weighted by Crippen LogP contribution is -2.33. The first-order valence-electron chi connectivity index (χ1n) is 12.2. The molecule has 1 amide bonds. The largest absolute Gasteiger partial charge is 0.320 e. The molecule has 2 rings (SSSR count). The zero-order chi connectivity index (χ0) is 25.5. The maximum absolute atomic E-state index is 13.1. The van der Waals surface area contributed by atoms with Crippen molar-refractivity contribution in [3.05, 3.63) is 114 Å². The number of carbonyl (C=O) groups is 1. The molecule has 0 radical (unpaired) electrons. The molecule has 0 saturated heterocycles. The molecule has 3 nitrogen and oxygen atoms in total. The Bertz CT molecular complexity index is 972. The van der Waals surface area contributed by atoms with Crippen LogP contribution in [0.25, 0.3) is 0 Å². The highest BCUT2D eigenvalue weighted by molar-refractivity contribution is 5.94. The fraction of sp³-hybridized carbons (Fsp3) is 0.323. The Balaban J connectivity index is 0.00000281. The van der Waals surface area contributed by atoms with Crippen molar-refractivity contribution < 1.29 is 4.79 Å². The van der Waals surface area contributed by atoms with Gasteiger partial charge in [0.05, 0.1) is 12.6 Å². The maximum atomic E-state index is 13.1. The van der Waals surface area contributed by atoms with Crippen molar-refractivity contribution in [1.82, 2.24) is 0 Å². The van der Waals surface area contributed by atoms with Crippen LogP contribution in [0.5, 0.6) is 0 Å². The normalized spacial score (nSPS) is 12.9. The van der Waals surface area contributed by atoms with Gasteiger partial charge in [-0.15, -0.1) is 13.2 Å². The predicted molar refractivity (Wildman–Crippen MR) is 149 cm³/mol. The van der Waals surface area contributed by atoms with E-state index in [-0.39, 0.29) is 17.9 Å². The van der Waals surface area contributed by atoms with E-state index in [4.69, 9.17) is 5.73 Å². The standard InChI is InChI=1S/C29H36N2O.C2H6/c1-6-9-13-24(18-16-22(4)7-2)21-31(28(32)8-3)27-19-17-23(5)20-26(27)29(30)25-14-11-10-12-15-25;1-2/h6-7,10-20,22,29H,1-2,8-9,21,30H2,3-5H3;1-2H3/b18-16-,24-13+;. The molecule has 2 N–H and O–H groups in total. The lowest BCUT2D eigenvalue weighted by molar-refractivity contribution is -0.118. The number of anilines is 1. The number of rotatable bonds is 11. The molecule has 34 heavy (non-hydrogen) atoms. The molecule has 0 aliphatic heterocycles. The zero-order valence-corrected chi connectivity index (χ0v) is 21.6. The van der Waals surface area contributed by atoms with Gasteiger partial charge in [-0.05, 0) is 42.0 Å². The highest BCUT2D eigenvalue weighted by Crippen LogP contribution is 2.31. The second-order valence-electron chi connectivity index (χ2n) is 8.04. The summed E-state index contributed by atoms with van der Waals surface area (Å²) >= 11 is 0. The third-order valence-electron chi connectivity index (χ3n) is 5.44. The number of nitrogens with two attached hydrogens (primary N) is 1. The van der Waals surface area contributed by atoms with Crippen LogP contribution in [-0.2, 0) is 4.79 Å². The minimum absolute atomic E-state index is 0.0602. The Morgan fingerprint density at radius 3 is 2.38 bits per heavy atom. The Morgan fingerprint density at radius 1 is 1.12 bits per heavy atom. The molecule has 0 aromatic heterocycles. The summed E-state index contributed by atoms with van der Waals surface area (Å²) in [5.74, 6) is 0.309. The summed E-state index contributed by atoms with van der Waals surface area (Å²) in [4.78, 5) is 15.0. The summed E-state index contributed by atoms with van der Waals surface area (Å²) in [5, 5.41) is 0. The van der Waals surface area contributed by atoms with Gasteiger partial charge in [-0.2, -0.15) is 0 Å². The zero-order valence-electron chi connectivity index (χ0n) is 21.6. The number of nitrogens with zero attached hydrogens (tertiary/aromatic N) is 1. The highest BCUT2D eigenvalue weighted by atomic mass is 16.2. The van der Waals surface area contributed by atoms with Gasteiger partial charge in [-0.1, -0.05) is 106 Å². The number of amides is 1. The summed E-state index contributed by atoms with van der Waals surface area (Å²) in [6.45, 7) is 18.2. The number of hydrogen-bond donors (Lipinski definition) is 1. The molecular weight excluding hydrogens is 416 g/mol. The van der Waals surface area contributed by atoms with E-state index in [1.165, 1.54) is 0 Å². The summed E-state index contributed by atoms with van der Waals surface area (Å²) < 4.78 is 0. The van der Waals surface area contributed by atoms with Crippen molar-refractivity contribution in [3.63, 3.8) is 0 Å². The first-order chi connectivity index (χ1) is 16.4. The summed E-state index contributed by atoms with van der Waals surface area (Å²) in [6.07, 6.45) is 11.2. The molecule has 0 aliphatic rings. The lowest BCUT2D eigenvalue weighted by Gasteiger charge is -2.28. The van der Waals surface area contributed by atoms with Gasteiger partial charge in [0, 0.05) is 12.1 Å². The third-order valence-corrected chi connectivity index (χ3v) is 5.44. The smallest absolute Gasteiger partial charge is 0.227 e. The van der Waals surface area contributed by atoms with Crippen molar-refractivity contribution in [2.75, 3.05) is 11.4 Å². The van der Waals surface area contributed by atoms with E-state index in [1.54, 1.807) is 0 Å². The molecule has 0 saturated carbocycles. The Labute approximate surface area is 207 Å². The number of carbonyl (C=O) groups excluding carboxylic acids is 1. The minimum atomic E-state index is -0.324. The molecule has 3 heteroatoms. The monoisotopic (exact) mass is 458 g/mol. The van der Waals surface area contributed by atoms with Gasteiger partial charge >= 0.3 is 0 Å². The number of hydrogen-bond acceptors (Lipinski definition) is 2. The Morgan fingerprint density at radius 2 is 1.79 bits per heavy atom.